The second-order valence-electron chi connectivity index (χ2n) is 4.26. The van der Waals surface area contributed by atoms with Crippen molar-refractivity contribution in [2.45, 2.75) is 30.8 Å². The molecule has 0 bridgehead atoms. The summed E-state index contributed by atoms with van der Waals surface area (Å²) < 4.78 is 26.3. The Labute approximate surface area is 109 Å². The summed E-state index contributed by atoms with van der Waals surface area (Å²) in [6.07, 6.45) is 6.14. The van der Waals surface area contributed by atoms with E-state index in [1.807, 2.05) is 0 Å². The third-order valence-electron chi connectivity index (χ3n) is 3.00. The highest BCUT2D eigenvalue weighted by Crippen LogP contribution is 2.30. The number of thiophene rings is 1. The van der Waals surface area contributed by atoms with Crippen molar-refractivity contribution in [3.8, 4) is 0 Å². The van der Waals surface area contributed by atoms with Gasteiger partial charge in [0.1, 0.15) is 0 Å². The van der Waals surface area contributed by atoms with Crippen LogP contribution in [0.25, 0.3) is 0 Å². The predicted molar refractivity (Wildman–Crippen MR) is 69.0 cm³/mol. The minimum atomic E-state index is -3.47. The van der Waals surface area contributed by atoms with Crippen LogP contribution in [-0.2, 0) is 29.4 Å². The molecule has 5 nitrogen and oxygen atoms in total. The number of hydrogen-bond donors (Lipinski definition) is 2. The van der Waals surface area contributed by atoms with Gasteiger partial charge in [-0.25, -0.2) is 18.1 Å². The van der Waals surface area contributed by atoms with Crippen molar-refractivity contribution in [2.24, 2.45) is 0 Å². The summed E-state index contributed by atoms with van der Waals surface area (Å²) in [6, 6.07) is 2.11. The zero-order valence-corrected chi connectivity index (χ0v) is 11.3. The van der Waals surface area contributed by atoms with E-state index >= 15 is 0 Å². The van der Waals surface area contributed by atoms with E-state index in [9.17, 15) is 8.42 Å². The van der Waals surface area contributed by atoms with Crippen molar-refractivity contribution in [1.29, 1.82) is 0 Å². The number of aromatic nitrogens is 2. The zero-order chi connectivity index (χ0) is 12.6. The summed E-state index contributed by atoms with van der Waals surface area (Å²) in [5, 5.41) is 0.103. The highest BCUT2D eigenvalue weighted by atomic mass is 32.2. The molecule has 0 spiro atoms. The molecule has 7 heteroatoms. The van der Waals surface area contributed by atoms with Crippen molar-refractivity contribution >= 4 is 21.4 Å². The van der Waals surface area contributed by atoms with Crippen LogP contribution in [0.15, 0.2) is 23.6 Å². The van der Waals surface area contributed by atoms with Crippen LogP contribution in [0.5, 0.6) is 0 Å². The molecule has 0 saturated heterocycles. The lowest BCUT2D eigenvalue weighted by Crippen LogP contribution is -2.23. The summed E-state index contributed by atoms with van der Waals surface area (Å²) >= 11 is 1.71. The Morgan fingerprint density at radius 1 is 1.44 bits per heavy atom. The zero-order valence-electron chi connectivity index (χ0n) is 9.64. The van der Waals surface area contributed by atoms with Crippen LogP contribution in [0.4, 0.5) is 0 Å². The van der Waals surface area contributed by atoms with E-state index in [0.29, 0.717) is 6.54 Å². The molecule has 0 aliphatic heterocycles. The van der Waals surface area contributed by atoms with Crippen LogP contribution in [0.2, 0.25) is 0 Å². The molecule has 2 aromatic rings. The Bertz CT molecular complexity index is 622. The van der Waals surface area contributed by atoms with E-state index in [2.05, 4.69) is 20.8 Å². The van der Waals surface area contributed by atoms with E-state index in [-0.39, 0.29) is 5.03 Å². The molecule has 0 radical (unpaired) electrons. The first-order chi connectivity index (χ1) is 8.65. The standard InChI is InChI=1S/C11H13N3O2S2/c15-18(16,11-6-12-7-13-11)14-5-9-4-8-2-1-3-10(8)17-9/h4,6-7,14H,1-3,5H2,(H,12,13). The van der Waals surface area contributed by atoms with E-state index < -0.39 is 10.0 Å². The van der Waals surface area contributed by atoms with E-state index in [1.165, 1.54) is 29.4 Å². The van der Waals surface area contributed by atoms with E-state index in [4.69, 9.17) is 0 Å². The SMILES string of the molecule is O=S(=O)(NCc1cc2c(s1)CCC2)c1cnc[nH]1. The highest BCUT2D eigenvalue weighted by Gasteiger charge is 2.18. The fourth-order valence-electron chi connectivity index (χ4n) is 2.11. The second-order valence-corrected chi connectivity index (χ2v) is 7.21. The molecule has 2 N–H and O–H groups in total. The first kappa shape index (κ1) is 11.9. The quantitative estimate of drug-likeness (QED) is 0.891. The number of aromatic amines is 1. The molecule has 3 rings (SSSR count). The van der Waals surface area contributed by atoms with Gasteiger partial charge in [-0.3, -0.25) is 0 Å². The Hall–Kier alpha value is -1.18. The van der Waals surface area contributed by atoms with Gasteiger partial charge in [-0.2, -0.15) is 0 Å². The summed E-state index contributed by atoms with van der Waals surface area (Å²) in [6.45, 7) is 0.346. The first-order valence-electron chi connectivity index (χ1n) is 5.74. The van der Waals surface area contributed by atoms with E-state index in [0.717, 1.165) is 17.7 Å². The van der Waals surface area contributed by atoms with Gasteiger partial charge in [0.15, 0.2) is 5.03 Å². The predicted octanol–water partition coefficient (Wildman–Crippen LogP) is 1.44. The Morgan fingerprint density at radius 2 is 2.33 bits per heavy atom. The number of sulfonamides is 1. The largest absolute Gasteiger partial charge is 0.335 e. The topological polar surface area (TPSA) is 74.8 Å². The van der Waals surface area contributed by atoms with Gasteiger partial charge in [0.25, 0.3) is 10.0 Å². The molecule has 96 valence electrons. The fraction of sp³-hybridized carbons (Fsp3) is 0.364. The molecule has 1 aliphatic rings. The maximum absolute atomic E-state index is 11.9. The minimum absolute atomic E-state index is 0.103. The summed E-state index contributed by atoms with van der Waals surface area (Å²) in [5.41, 5.74) is 1.38. The maximum Gasteiger partial charge on any atom is 0.257 e. The van der Waals surface area contributed by atoms with Crippen LogP contribution in [0.1, 0.15) is 21.7 Å². The third kappa shape index (κ3) is 2.21. The molecule has 2 aromatic heterocycles. The lowest BCUT2D eigenvalue weighted by atomic mass is 10.2. The molecule has 0 fully saturated rings. The lowest BCUT2D eigenvalue weighted by molar-refractivity contribution is 0.578. The number of imidazole rings is 1. The number of nitrogens with one attached hydrogen (secondary N) is 2. The molecule has 18 heavy (non-hydrogen) atoms. The Balaban J connectivity index is 1.71. The van der Waals surface area contributed by atoms with Crippen molar-refractivity contribution < 1.29 is 8.42 Å². The molecule has 0 aromatic carbocycles. The lowest BCUT2D eigenvalue weighted by Gasteiger charge is -2.02. The molecule has 0 atom stereocenters. The molecular formula is C11H13N3O2S2. The van der Waals surface area contributed by atoms with Gasteiger partial charge in [-0.1, -0.05) is 0 Å². The summed E-state index contributed by atoms with van der Waals surface area (Å²) in [4.78, 5) is 8.79. The summed E-state index contributed by atoms with van der Waals surface area (Å²) in [5.74, 6) is 0. The molecular weight excluding hydrogens is 270 g/mol. The Morgan fingerprint density at radius 3 is 3.06 bits per heavy atom. The molecule has 0 unspecified atom stereocenters. The average molecular weight is 283 g/mol. The Kier molecular flexibility index (Phi) is 2.96. The van der Waals surface area contributed by atoms with Crippen LogP contribution in [-0.4, -0.2) is 18.4 Å². The number of hydrogen-bond acceptors (Lipinski definition) is 4. The van der Waals surface area contributed by atoms with E-state index in [1.54, 1.807) is 11.3 Å². The normalized spacial score (nSPS) is 14.9. The number of H-pyrrole nitrogens is 1. The molecule has 1 aliphatic carbocycles. The molecule has 0 amide bonds. The van der Waals surface area contributed by atoms with Crippen LogP contribution in [0.3, 0.4) is 0 Å². The van der Waals surface area contributed by atoms with Gasteiger partial charge in [0, 0.05) is 16.3 Å². The second kappa shape index (κ2) is 4.49. The van der Waals surface area contributed by atoms with Crippen LogP contribution in [0, 0.1) is 0 Å². The summed E-state index contributed by atoms with van der Waals surface area (Å²) in [7, 11) is -3.47. The van der Waals surface area contributed by atoms with Crippen molar-refractivity contribution in [3.05, 3.63) is 33.9 Å². The first-order valence-corrected chi connectivity index (χ1v) is 8.03. The van der Waals surface area contributed by atoms with Gasteiger partial charge in [-0.05, 0) is 30.9 Å². The van der Waals surface area contributed by atoms with Crippen LogP contribution < -0.4 is 4.72 Å². The number of aryl methyl sites for hydroxylation is 2. The van der Waals surface area contributed by atoms with Gasteiger partial charge >= 0.3 is 0 Å². The maximum atomic E-state index is 11.9. The smallest absolute Gasteiger partial charge is 0.257 e. The van der Waals surface area contributed by atoms with Gasteiger partial charge in [-0.15, -0.1) is 11.3 Å². The van der Waals surface area contributed by atoms with Crippen molar-refractivity contribution in [1.82, 2.24) is 14.7 Å². The minimum Gasteiger partial charge on any atom is -0.335 e. The third-order valence-corrected chi connectivity index (χ3v) is 5.56. The van der Waals surface area contributed by atoms with Crippen molar-refractivity contribution in [3.63, 3.8) is 0 Å². The highest BCUT2D eigenvalue weighted by molar-refractivity contribution is 7.89. The molecule has 0 saturated carbocycles. The van der Waals surface area contributed by atoms with Crippen LogP contribution >= 0.6 is 11.3 Å². The fourth-order valence-corrected chi connectivity index (χ4v) is 4.31. The number of rotatable bonds is 4. The van der Waals surface area contributed by atoms with Crippen molar-refractivity contribution in [2.75, 3.05) is 0 Å². The molecule has 2 heterocycles. The monoisotopic (exact) mass is 283 g/mol. The number of nitrogens with zero attached hydrogens (tertiary/aromatic N) is 1. The van der Waals surface area contributed by atoms with Gasteiger partial charge < -0.3 is 4.98 Å². The van der Waals surface area contributed by atoms with Gasteiger partial charge in [0.2, 0.25) is 0 Å². The van der Waals surface area contributed by atoms with Gasteiger partial charge in [0.05, 0.1) is 12.5 Å². The number of fused-ring (bicyclic) bond motifs is 1. The average Bonchev–Trinajstić information content (AvgIpc) is 3.02.